The van der Waals surface area contributed by atoms with E-state index in [0.29, 0.717) is 25.7 Å². The van der Waals surface area contributed by atoms with E-state index in [1.165, 1.54) is 13.8 Å². The molecule has 2 aliphatic carbocycles. The molecule has 0 bridgehead atoms. The highest BCUT2D eigenvalue weighted by Gasteiger charge is 2.53. The summed E-state index contributed by atoms with van der Waals surface area (Å²) in [4.78, 5) is 49.3. The number of rotatable bonds is 9. The predicted octanol–water partition coefficient (Wildman–Crippen LogP) is 0.273. The van der Waals surface area contributed by atoms with Gasteiger partial charge < -0.3 is 29.3 Å². The average Bonchev–Trinajstić information content (AvgIpc) is 3.35. The molecule has 0 heterocycles. The second-order valence-corrected chi connectivity index (χ2v) is 8.05. The minimum Gasteiger partial charge on any atom is -0.549 e. The van der Waals surface area contributed by atoms with E-state index in [4.69, 9.17) is 9.47 Å². The van der Waals surface area contributed by atoms with Gasteiger partial charge >= 0.3 is 11.9 Å². The molecule has 0 amide bonds. The summed E-state index contributed by atoms with van der Waals surface area (Å²) < 4.78 is 10.8. The number of esters is 2. The van der Waals surface area contributed by atoms with Crippen molar-refractivity contribution in [3.63, 3.8) is 0 Å². The predicted molar refractivity (Wildman–Crippen MR) is 96.6 cm³/mol. The van der Waals surface area contributed by atoms with Crippen LogP contribution in [0, 0.1) is 17.3 Å². The van der Waals surface area contributed by atoms with Crippen molar-refractivity contribution < 1.29 is 38.9 Å². The molecule has 0 N–H and O–H groups in total. The Kier molecular flexibility index (Phi) is 7.43. The van der Waals surface area contributed by atoms with Crippen molar-refractivity contribution in [2.24, 2.45) is 17.3 Å². The van der Waals surface area contributed by atoms with E-state index in [2.05, 4.69) is 6.58 Å². The molecule has 0 saturated heterocycles. The van der Waals surface area contributed by atoms with Crippen LogP contribution in [0.2, 0.25) is 0 Å². The van der Waals surface area contributed by atoms with Crippen LogP contribution in [-0.4, -0.2) is 36.1 Å². The minimum absolute atomic E-state index is 0.360. The van der Waals surface area contributed by atoms with E-state index >= 15 is 0 Å². The summed E-state index contributed by atoms with van der Waals surface area (Å²) in [5.41, 5.74) is -3.46. The normalized spacial score (nSPS) is 21.7. The number of carboxylic acids is 2. The molecule has 0 spiro atoms. The van der Waals surface area contributed by atoms with Gasteiger partial charge in [0.1, 0.15) is 12.2 Å². The fourth-order valence-corrected chi connectivity index (χ4v) is 4.46. The van der Waals surface area contributed by atoms with Crippen molar-refractivity contribution >= 4 is 23.9 Å². The van der Waals surface area contributed by atoms with Crippen LogP contribution in [0.25, 0.3) is 0 Å². The SMILES string of the molecule is C=C(C(=O)[O-])C(C(=O)[O-])(C(C)C(=O)OC1CCCC1)C(C)C(=O)OC1CCCC1. The molecule has 2 unspecified atom stereocenters. The van der Waals surface area contributed by atoms with Gasteiger partial charge in [0.2, 0.25) is 0 Å². The molecular weight excluding hydrogens is 380 g/mol. The van der Waals surface area contributed by atoms with Crippen LogP contribution >= 0.6 is 0 Å². The number of hydrogen-bond donors (Lipinski definition) is 0. The second-order valence-electron chi connectivity index (χ2n) is 8.05. The summed E-state index contributed by atoms with van der Waals surface area (Å²) in [6, 6.07) is 0. The maximum Gasteiger partial charge on any atom is 0.310 e. The largest absolute Gasteiger partial charge is 0.549 e. The molecule has 2 saturated carbocycles. The van der Waals surface area contributed by atoms with Crippen LogP contribution in [0.1, 0.15) is 65.2 Å². The molecule has 0 aromatic heterocycles. The first-order chi connectivity index (χ1) is 13.6. The lowest BCUT2D eigenvalue weighted by Gasteiger charge is -2.44. The standard InChI is InChI=1S/C21H30O8/c1-12(17(22)23)21(20(26)27,13(2)18(24)28-15-8-4-5-9-15)14(3)19(25)29-16-10-6-7-11-16/h13-16H,1,4-11H2,2-3H3,(H,22,23)(H,26,27)/p-2. The Labute approximate surface area is 170 Å². The Morgan fingerprint density at radius 2 is 1.17 bits per heavy atom. The van der Waals surface area contributed by atoms with E-state index in [0.717, 1.165) is 25.7 Å². The summed E-state index contributed by atoms with van der Waals surface area (Å²) in [7, 11) is 0. The Morgan fingerprint density at radius 1 is 0.828 bits per heavy atom. The summed E-state index contributed by atoms with van der Waals surface area (Å²) in [5.74, 6) is -8.68. The fraction of sp³-hybridized carbons (Fsp3) is 0.714. The third kappa shape index (κ3) is 4.62. The monoisotopic (exact) mass is 408 g/mol. The average molecular weight is 408 g/mol. The molecule has 8 heteroatoms. The van der Waals surface area contributed by atoms with Crippen LogP contribution in [0.5, 0.6) is 0 Å². The summed E-state index contributed by atoms with van der Waals surface area (Å²) in [5, 5.41) is 23.8. The van der Waals surface area contributed by atoms with E-state index < -0.39 is 46.7 Å². The van der Waals surface area contributed by atoms with Crippen LogP contribution in [0.15, 0.2) is 12.2 Å². The van der Waals surface area contributed by atoms with Gasteiger partial charge in [-0.15, -0.1) is 0 Å². The van der Waals surface area contributed by atoms with Crippen LogP contribution in [0.4, 0.5) is 0 Å². The van der Waals surface area contributed by atoms with Crippen molar-refractivity contribution in [3.8, 4) is 0 Å². The summed E-state index contributed by atoms with van der Waals surface area (Å²) in [6.07, 6.45) is 5.41. The zero-order chi connectivity index (χ0) is 21.8. The molecule has 2 rings (SSSR count). The topological polar surface area (TPSA) is 133 Å². The first-order valence-electron chi connectivity index (χ1n) is 10.2. The van der Waals surface area contributed by atoms with Gasteiger partial charge in [-0.3, -0.25) is 9.59 Å². The van der Waals surface area contributed by atoms with Crippen LogP contribution in [0.3, 0.4) is 0 Å². The number of hydrogen-bond acceptors (Lipinski definition) is 8. The van der Waals surface area contributed by atoms with Gasteiger partial charge in [-0.05, 0) is 56.9 Å². The lowest BCUT2D eigenvalue weighted by Crippen LogP contribution is -2.58. The number of carboxylic acid groups (broad SMARTS) is 2. The zero-order valence-electron chi connectivity index (χ0n) is 16.9. The van der Waals surface area contributed by atoms with Gasteiger partial charge in [0.25, 0.3) is 0 Å². The third-order valence-corrected chi connectivity index (χ3v) is 6.33. The third-order valence-electron chi connectivity index (χ3n) is 6.33. The smallest absolute Gasteiger partial charge is 0.310 e. The highest BCUT2D eigenvalue weighted by atomic mass is 16.5. The zero-order valence-corrected chi connectivity index (χ0v) is 16.9. The molecule has 0 aliphatic heterocycles. The molecule has 29 heavy (non-hydrogen) atoms. The Bertz CT molecular complexity index is 634. The molecular formula is C21H28O8-2. The van der Waals surface area contributed by atoms with Gasteiger partial charge in [-0.2, -0.15) is 0 Å². The van der Waals surface area contributed by atoms with Crippen molar-refractivity contribution in [2.75, 3.05) is 0 Å². The van der Waals surface area contributed by atoms with Crippen LogP contribution < -0.4 is 10.2 Å². The molecule has 0 radical (unpaired) electrons. The van der Waals surface area contributed by atoms with Gasteiger partial charge in [-0.25, -0.2) is 0 Å². The maximum absolute atomic E-state index is 12.7. The van der Waals surface area contributed by atoms with E-state index in [1.54, 1.807) is 0 Å². The molecule has 162 valence electrons. The van der Waals surface area contributed by atoms with Gasteiger partial charge in [-0.1, -0.05) is 20.4 Å². The fourth-order valence-electron chi connectivity index (χ4n) is 4.46. The second kappa shape index (κ2) is 9.41. The molecule has 8 nitrogen and oxygen atoms in total. The summed E-state index contributed by atoms with van der Waals surface area (Å²) in [6.45, 7) is 5.74. The number of carbonyl (C=O) groups excluding carboxylic acids is 4. The molecule has 0 aromatic rings. The van der Waals surface area contributed by atoms with Gasteiger partial charge in [0.15, 0.2) is 0 Å². The van der Waals surface area contributed by atoms with Gasteiger partial charge in [0, 0.05) is 0 Å². The first kappa shape index (κ1) is 22.9. The van der Waals surface area contributed by atoms with E-state index in [9.17, 15) is 29.4 Å². The van der Waals surface area contributed by atoms with Gasteiger partial charge in [0.05, 0.1) is 29.2 Å². The lowest BCUT2D eigenvalue weighted by molar-refractivity contribution is -0.326. The molecule has 2 fully saturated rings. The van der Waals surface area contributed by atoms with E-state index in [-0.39, 0.29) is 12.2 Å². The molecule has 2 atom stereocenters. The molecule has 2 aliphatic rings. The maximum atomic E-state index is 12.7. The minimum atomic E-state index is -2.55. The number of ether oxygens (including phenoxy) is 2. The highest BCUT2D eigenvalue weighted by molar-refractivity contribution is 6.00. The number of carbonyl (C=O) groups is 4. The van der Waals surface area contributed by atoms with E-state index in [1.807, 2.05) is 0 Å². The summed E-state index contributed by atoms with van der Waals surface area (Å²) >= 11 is 0. The van der Waals surface area contributed by atoms with Crippen molar-refractivity contribution in [3.05, 3.63) is 12.2 Å². The quantitative estimate of drug-likeness (QED) is 0.392. The lowest BCUT2D eigenvalue weighted by atomic mass is 9.63. The molecule has 0 aromatic carbocycles. The highest BCUT2D eigenvalue weighted by Crippen LogP contribution is 2.44. The Hall–Kier alpha value is -2.38. The van der Waals surface area contributed by atoms with Crippen molar-refractivity contribution in [1.82, 2.24) is 0 Å². The Morgan fingerprint density at radius 3 is 1.45 bits per heavy atom. The van der Waals surface area contributed by atoms with Crippen molar-refractivity contribution in [2.45, 2.75) is 77.4 Å². The Balaban J connectivity index is 2.35. The first-order valence-corrected chi connectivity index (χ1v) is 10.2. The van der Waals surface area contributed by atoms with Crippen LogP contribution in [-0.2, 0) is 28.7 Å². The van der Waals surface area contributed by atoms with Crippen molar-refractivity contribution in [1.29, 1.82) is 0 Å². The number of aliphatic carboxylic acids is 2.